The number of halogens is 2. The second kappa shape index (κ2) is 6.91. The SMILES string of the molecule is NC(=S)CN(C1CCCC1)S(=O)(=O)c1ccc(Cl)c(Br)c1. The summed E-state index contributed by atoms with van der Waals surface area (Å²) in [5.74, 6) is 0. The van der Waals surface area contributed by atoms with E-state index < -0.39 is 10.0 Å². The molecule has 0 unspecified atom stereocenters. The summed E-state index contributed by atoms with van der Waals surface area (Å²) >= 11 is 14.1. The topological polar surface area (TPSA) is 63.4 Å². The summed E-state index contributed by atoms with van der Waals surface area (Å²) in [6.45, 7) is 0.0720. The fourth-order valence-electron chi connectivity index (χ4n) is 2.53. The Balaban J connectivity index is 2.40. The summed E-state index contributed by atoms with van der Waals surface area (Å²) in [6, 6.07) is 4.54. The monoisotopic (exact) mass is 410 g/mol. The number of rotatable bonds is 5. The van der Waals surface area contributed by atoms with E-state index in [0.717, 1.165) is 25.7 Å². The van der Waals surface area contributed by atoms with Crippen LogP contribution < -0.4 is 5.73 Å². The van der Waals surface area contributed by atoms with Crippen LogP contribution in [0.5, 0.6) is 0 Å². The van der Waals surface area contributed by atoms with Gasteiger partial charge < -0.3 is 5.73 Å². The molecule has 0 radical (unpaired) electrons. The zero-order chi connectivity index (χ0) is 15.6. The smallest absolute Gasteiger partial charge is 0.243 e. The van der Waals surface area contributed by atoms with Crippen LogP contribution in [0.4, 0.5) is 0 Å². The molecule has 4 nitrogen and oxygen atoms in total. The van der Waals surface area contributed by atoms with Crippen molar-refractivity contribution in [2.45, 2.75) is 36.6 Å². The summed E-state index contributed by atoms with van der Waals surface area (Å²) in [4.78, 5) is 0.375. The van der Waals surface area contributed by atoms with Crippen LogP contribution in [0.15, 0.2) is 27.6 Å². The molecule has 1 aromatic rings. The molecule has 0 aliphatic heterocycles. The second-order valence-electron chi connectivity index (χ2n) is 5.03. The zero-order valence-electron chi connectivity index (χ0n) is 11.3. The molecule has 2 rings (SSSR count). The Morgan fingerprint density at radius 2 is 2.05 bits per heavy atom. The summed E-state index contributed by atoms with van der Waals surface area (Å²) in [5, 5.41) is 0.468. The van der Waals surface area contributed by atoms with E-state index in [-0.39, 0.29) is 22.5 Å². The van der Waals surface area contributed by atoms with Crippen LogP contribution in [-0.4, -0.2) is 30.3 Å². The Bertz CT molecular complexity index is 646. The molecule has 0 saturated heterocycles. The van der Waals surface area contributed by atoms with Crippen LogP contribution in [0.3, 0.4) is 0 Å². The van der Waals surface area contributed by atoms with E-state index in [1.165, 1.54) is 16.4 Å². The minimum Gasteiger partial charge on any atom is -0.392 e. The van der Waals surface area contributed by atoms with Crippen molar-refractivity contribution in [2.75, 3.05) is 6.54 Å². The number of sulfonamides is 1. The van der Waals surface area contributed by atoms with Gasteiger partial charge in [-0.3, -0.25) is 0 Å². The molecule has 0 amide bonds. The molecular weight excluding hydrogens is 396 g/mol. The lowest BCUT2D eigenvalue weighted by Crippen LogP contribution is -2.43. The third-order valence-electron chi connectivity index (χ3n) is 3.54. The molecule has 1 aliphatic rings. The predicted molar refractivity (Wildman–Crippen MR) is 92.1 cm³/mol. The van der Waals surface area contributed by atoms with Gasteiger partial charge in [-0.2, -0.15) is 4.31 Å². The highest BCUT2D eigenvalue weighted by molar-refractivity contribution is 9.10. The third kappa shape index (κ3) is 3.96. The third-order valence-corrected chi connectivity index (χ3v) is 6.78. The first-order valence-electron chi connectivity index (χ1n) is 6.57. The number of thiocarbonyl (C=S) groups is 1. The van der Waals surface area contributed by atoms with Crippen molar-refractivity contribution >= 4 is 54.8 Å². The van der Waals surface area contributed by atoms with Crippen LogP contribution in [0.25, 0.3) is 0 Å². The van der Waals surface area contributed by atoms with Crippen molar-refractivity contribution < 1.29 is 8.42 Å². The van der Waals surface area contributed by atoms with Gasteiger partial charge >= 0.3 is 0 Å². The maximum atomic E-state index is 12.9. The van der Waals surface area contributed by atoms with Crippen LogP contribution in [0.2, 0.25) is 5.02 Å². The molecule has 21 heavy (non-hydrogen) atoms. The normalized spacial score (nSPS) is 16.5. The highest BCUT2D eigenvalue weighted by atomic mass is 79.9. The summed E-state index contributed by atoms with van der Waals surface area (Å²) in [5.41, 5.74) is 5.58. The van der Waals surface area contributed by atoms with Crippen molar-refractivity contribution in [3.8, 4) is 0 Å². The molecule has 0 aromatic heterocycles. The maximum absolute atomic E-state index is 12.9. The zero-order valence-corrected chi connectivity index (χ0v) is 15.2. The Morgan fingerprint density at radius 1 is 1.43 bits per heavy atom. The lowest BCUT2D eigenvalue weighted by Gasteiger charge is -2.27. The standard InChI is InChI=1S/C13H16BrClN2O2S2/c14-11-7-10(5-6-12(11)15)21(18,19)17(8-13(16)20)9-3-1-2-4-9/h5-7,9H,1-4,8H2,(H2,16,20). The molecule has 116 valence electrons. The van der Waals surface area contributed by atoms with E-state index in [4.69, 9.17) is 29.6 Å². The average Bonchev–Trinajstić information content (AvgIpc) is 2.92. The molecular formula is C13H16BrClN2O2S2. The van der Waals surface area contributed by atoms with Gasteiger partial charge in [-0.05, 0) is 47.0 Å². The molecule has 1 saturated carbocycles. The lowest BCUT2D eigenvalue weighted by atomic mass is 10.2. The van der Waals surface area contributed by atoms with Gasteiger partial charge in [0.1, 0.15) is 0 Å². The second-order valence-corrected chi connectivity index (χ2v) is 8.71. The van der Waals surface area contributed by atoms with Crippen LogP contribution in [0, 0.1) is 0 Å². The van der Waals surface area contributed by atoms with Gasteiger partial charge in [0.15, 0.2) is 0 Å². The number of benzene rings is 1. The van der Waals surface area contributed by atoms with Crippen LogP contribution in [0.1, 0.15) is 25.7 Å². The maximum Gasteiger partial charge on any atom is 0.243 e. The fourth-order valence-corrected chi connectivity index (χ4v) is 5.09. The highest BCUT2D eigenvalue weighted by Gasteiger charge is 2.33. The van der Waals surface area contributed by atoms with E-state index in [2.05, 4.69) is 15.9 Å². The number of nitrogens with zero attached hydrogens (tertiary/aromatic N) is 1. The number of hydrogen-bond acceptors (Lipinski definition) is 3. The fraction of sp³-hybridized carbons (Fsp3) is 0.462. The first-order chi connectivity index (χ1) is 9.82. The lowest BCUT2D eigenvalue weighted by molar-refractivity contribution is 0.355. The van der Waals surface area contributed by atoms with E-state index >= 15 is 0 Å². The summed E-state index contributed by atoms with van der Waals surface area (Å²) < 4.78 is 27.7. The summed E-state index contributed by atoms with van der Waals surface area (Å²) in [6.07, 6.45) is 3.74. The van der Waals surface area contributed by atoms with E-state index in [9.17, 15) is 8.42 Å². The number of nitrogens with two attached hydrogens (primary N) is 1. The molecule has 1 aliphatic carbocycles. The van der Waals surface area contributed by atoms with E-state index in [0.29, 0.717) is 9.50 Å². The van der Waals surface area contributed by atoms with Crippen molar-refractivity contribution in [3.63, 3.8) is 0 Å². The quantitative estimate of drug-likeness (QED) is 0.755. The molecule has 1 fully saturated rings. The van der Waals surface area contributed by atoms with Gasteiger partial charge in [0.25, 0.3) is 0 Å². The van der Waals surface area contributed by atoms with E-state index in [1.807, 2.05) is 0 Å². The van der Waals surface area contributed by atoms with Gasteiger partial charge in [-0.1, -0.05) is 36.7 Å². The van der Waals surface area contributed by atoms with Gasteiger partial charge in [0.05, 0.1) is 21.5 Å². The molecule has 0 bridgehead atoms. The van der Waals surface area contributed by atoms with Crippen molar-refractivity contribution in [3.05, 3.63) is 27.7 Å². The van der Waals surface area contributed by atoms with Gasteiger partial charge in [0.2, 0.25) is 10.0 Å². The molecule has 2 N–H and O–H groups in total. The Labute approximate surface area is 143 Å². The highest BCUT2D eigenvalue weighted by Crippen LogP contribution is 2.31. The van der Waals surface area contributed by atoms with Gasteiger partial charge in [-0.25, -0.2) is 8.42 Å². The van der Waals surface area contributed by atoms with Gasteiger partial charge in [-0.15, -0.1) is 0 Å². The van der Waals surface area contributed by atoms with Gasteiger partial charge in [0, 0.05) is 10.5 Å². The Hall–Kier alpha value is -0.210. The largest absolute Gasteiger partial charge is 0.392 e. The Morgan fingerprint density at radius 3 is 2.57 bits per heavy atom. The van der Waals surface area contributed by atoms with Crippen molar-refractivity contribution in [1.29, 1.82) is 0 Å². The molecule has 0 spiro atoms. The minimum atomic E-state index is -3.64. The molecule has 0 heterocycles. The van der Waals surface area contributed by atoms with Crippen LogP contribution >= 0.6 is 39.7 Å². The molecule has 8 heteroatoms. The van der Waals surface area contributed by atoms with Crippen molar-refractivity contribution in [1.82, 2.24) is 4.31 Å². The summed E-state index contributed by atoms with van der Waals surface area (Å²) in [7, 11) is -3.64. The first-order valence-corrected chi connectivity index (χ1v) is 9.59. The molecule has 1 aromatic carbocycles. The minimum absolute atomic E-state index is 0.0362. The van der Waals surface area contributed by atoms with Crippen LogP contribution in [-0.2, 0) is 10.0 Å². The van der Waals surface area contributed by atoms with Crippen molar-refractivity contribution in [2.24, 2.45) is 5.73 Å². The average molecular weight is 412 g/mol. The van der Waals surface area contributed by atoms with E-state index in [1.54, 1.807) is 6.07 Å². The number of hydrogen-bond donors (Lipinski definition) is 1. The molecule has 0 atom stereocenters. The predicted octanol–water partition coefficient (Wildman–Crippen LogP) is 3.32. The first kappa shape index (κ1) is 17.1. The Kier molecular flexibility index (Phi) is 5.65.